The van der Waals surface area contributed by atoms with Crippen molar-refractivity contribution in [2.45, 2.75) is 32.0 Å². The van der Waals surface area contributed by atoms with Crippen molar-refractivity contribution in [2.75, 3.05) is 13.7 Å². The SMILES string of the molecule is COC[C@H](CCc1ccc(Cl)c(Cl)c1)N1Cc2ccc(F)cc2C1. The Labute approximate surface area is 152 Å². The number of ether oxygens (including phenoxy) is 1. The molecule has 0 saturated carbocycles. The van der Waals surface area contributed by atoms with Crippen LogP contribution in [0.1, 0.15) is 23.1 Å². The van der Waals surface area contributed by atoms with E-state index in [0.29, 0.717) is 16.7 Å². The summed E-state index contributed by atoms with van der Waals surface area (Å²) in [5.74, 6) is -0.172. The number of hydrogen-bond acceptors (Lipinski definition) is 2. The number of halogens is 3. The van der Waals surface area contributed by atoms with Gasteiger partial charge in [0, 0.05) is 26.2 Å². The Morgan fingerprint density at radius 1 is 1.08 bits per heavy atom. The summed E-state index contributed by atoms with van der Waals surface area (Å²) in [5.41, 5.74) is 3.44. The second-order valence-electron chi connectivity index (χ2n) is 6.21. The number of rotatable bonds is 6. The summed E-state index contributed by atoms with van der Waals surface area (Å²) in [5, 5.41) is 1.16. The van der Waals surface area contributed by atoms with Crippen LogP contribution in [-0.4, -0.2) is 24.7 Å². The van der Waals surface area contributed by atoms with E-state index in [2.05, 4.69) is 4.90 Å². The molecule has 1 atom stereocenters. The first-order chi connectivity index (χ1) is 11.6. The van der Waals surface area contributed by atoms with Crippen LogP contribution in [0.4, 0.5) is 4.39 Å². The summed E-state index contributed by atoms with van der Waals surface area (Å²) < 4.78 is 18.8. The van der Waals surface area contributed by atoms with E-state index in [1.54, 1.807) is 13.2 Å². The number of nitrogens with zero attached hydrogens (tertiary/aromatic N) is 1. The maximum atomic E-state index is 13.4. The Morgan fingerprint density at radius 2 is 1.88 bits per heavy atom. The zero-order valence-electron chi connectivity index (χ0n) is 13.6. The molecular weight excluding hydrogens is 348 g/mol. The molecule has 0 aromatic heterocycles. The molecule has 1 aliphatic rings. The molecule has 5 heteroatoms. The van der Waals surface area contributed by atoms with Crippen molar-refractivity contribution in [1.82, 2.24) is 4.90 Å². The lowest BCUT2D eigenvalue weighted by Gasteiger charge is -2.27. The summed E-state index contributed by atoms with van der Waals surface area (Å²) in [6.45, 7) is 2.26. The zero-order chi connectivity index (χ0) is 17.1. The fourth-order valence-electron chi connectivity index (χ4n) is 3.24. The molecular formula is C19H20Cl2FNO. The predicted octanol–water partition coefficient (Wildman–Crippen LogP) is 5.10. The topological polar surface area (TPSA) is 12.5 Å². The first-order valence-electron chi connectivity index (χ1n) is 8.01. The highest BCUT2D eigenvalue weighted by atomic mass is 35.5. The summed E-state index contributed by atoms with van der Waals surface area (Å²) in [7, 11) is 1.72. The van der Waals surface area contributed by atoms with Crippen LogP contribution in [0.5, 0.6) is 0 Å². The average molecular weight is 368 g/mol. The molecule has 0 bridgehead atoms. The van der Waals surface area contributed by atoms with Crippen molar-refractivity contribution in [3.8, 4) is 0 Å². The molecule has 0 aliphatic carbocycles. The molecule has 0 radical (unpaired) electrons. The highest BCUT2D eigenvalue weighted by Gasteiger charge is 2.26. The monoisotopic (exact) mass is 367 g/mol. The van der Waals surface area contributed by atoms with Gasteiger partial charge in [0.1, 0.15) is 5.82 Å². The third-order valence-electron chi connectivity index (χ3n) is 4.54. The van der Waals surface area contributed by atoms with Crippen molar-refractivity contribution in [2.24, 2.45) is 0 Å². The molecule has 1 aliphatic heterocycles. The highest BCUT2D eigenvalue weighted by molar-refractivity contribution is 6.42. The number of methoxy groups -OCH3 is 1. The minimum absolute atomic E-state index is 0.172. The van der Waals surface area contributed by atoms with Gasteiger partial charge in [-0.1, -0.05) is 35.3 Å². The number of aryl methyl sites for hydroxylation is 1. The largest absolute Gasteiger partial charge is 0.383 e. The van der Waals surface area contributed by atoms with Crippen LogP contribution >= 0.6 is 23.2 Å². The summed E-state index contributed by atoms with van der Waals surface area (Å²) >= 11 is 12.1. The second kappa shape index (κ2) is 7.83. The van der Waals surface area contributed by atoms with Crippen molar-refractivity contribution in [3.63, 3.8) is 0 Å². The number of fused-ring (bicyclic) bond motifs is 1. The van der Waals surface area contributed by atoms with E-state index in [4.69, 9.17) is 27.9 Å². The van der Waals surface area contributed by atoms with Crippen molar-refractivity contribution < 1.29 is 9.13 Å². The maximum absolute atomic E-state index is 13.4. The molecule has 128 valence electrons. The van der Waals surface area contributed by atoms with Crippen molar-refractivity contribution >= 4 is 23.2 Å². The third-order valence-corrected chi connectivity index (χ3v) is 5.28. The number of hydrogen-bond donors (Lipinski definition) is 0. The van der Waals surface area contributed by atoms with E-state index in [-0.39, 0.29) is 11.9 Å². The van der Waals surface area contributed by atoms with E-state index in [1.165, 1.54) is 11.6 Å². The molecule has 0 N–H and O–H groups in total. The maximum Gasteiger partial charge on any atom is 0.123 e. The molecule has 3 rings (SSSR count). The van der Waals surface area contributed by atoms with Crippen LogP contribution in [0.25, 0.3) is 0 Å². The van der Waals surface area contributed by atoms with E-state index in [1.807, 2.05) is 24.3 Å². The van der Waals surface area contributed by atoms with Crippen LogP contribution in [-0.2, 0) is 24.2 Å². The first kappa shape index (κ1) is 17.7. The van der Waals surface area contributed by atoms with Crippen molar-refractivity contribution in [3.05, 3.63) is 69.0 Å². The standard InChI is InChI=1S/C19H20Cl2FNO/c1-24-12-17(6-2-13-3-7-18(20)19(21)8-13)23-10-14-4-5-16(22)9-15(14)11-23/h3-5,7-9,17H,2,6,10-12H2,1H3/t17-/m0/s1. The highest BCUT2D eigenvalue weighted by Crippen LogP contribution is 2.28. The molecule has 0 amide bonds. The lowest BCUT2D eigenvalue weighted by Crippen LogP contribution is -2.35. The number of benzene rings is 2. The van der Waals surface area contributed by atoms with Crippen LogP contribution in [0, 0.1) is 5.82 Å². The molecule has 2 nitrogen and oxygen atoms in total. The van der Waals surface area contributed by atoms with E-state index < -0.39 is 0 Å². The Balaban J connectivity index is 1.66. The summed E-state index contributed by atoms with van der Waals surface area (Å²) in [4.78, 5) is 2.35. The second-order valence-corrected chi connectivity index (χ2v) is 7.03. The molecule has 0 unspecified atom stereocenters. The van der Waals surface area contributed by atoms with Crippen LogP contribution in [0.15, 0.2) is 36.4 Å². The molecule has 0 saturated heterocycles. The van der Waals surface area contributed by atoms with E-state index >= 15 is 0 Å². The minimum atomic E-state index is -0.172. The molecule has 2 aromatic rings. The van der Waals surface area contributed by atoms with Gasteiger partial charge >= 0.3 is 0 Å². The molecule has 0 spiro atoms. The Morgan fingerprint density at radius 3 is 2.62 bits per heavy atom. The van der Waals surface area contributed by atoms with Crippen LogP contribution < -0.4 is 0 Å². The molecule has 24 heavy (non-hydrogen) atoms. The normalized spacial score (nSPS) is 15.5. The van der Waals surface area contributed by atoms with E-state index in [9.17, 15) is 4.39 Å². The Bertz CT molecular complexity index is 723. The quantitative estimate of drug-likeness (QED) is 0.704. The average Bonchev–Trinajstić information content (AvgIpc) is 2.97. The molecule has 1 heterocycles. The van der Waals surface area contributed by atoms with Gasteiger partial charge in [-0.3, -0.25) is 4.90 Å². The summed E-state index contributed by atoms with van der Waals surface area (Å²) in [6, 6.07) is 11.1. The van der Waals surface area contributed by atoms with Crippen LogP contribution in [0.2, 0.25) is 10.0 Å². The zero-order valence-corrected chi connectivity index (χ0v) is 15.1. The van der Waals surface area contributed by atoms with Gasteiger partial charge in [-0.05, 0) is 53.8 Å². The first-order valence-corrected chi connectivity index (χ1v) is 8.76. The van der Waals surface area contributed by atoms with Gasteiger partial charge in [-0.2, -0.15) is 0 Å². The Hall–Kier alpha value is -1.13. The van der Waals surface area contributed by atoms with Crippen LogP contribution in [0.3, 0.4) is 0 Å². The fraction of sp³-hybridized carbons (Fsp3) is 0.368. The van der Waals surface area contributed by atoms with Gasteiger partial charge in [0.15, 0.2) is 0 Å². The minimum Gasteiger partial charge on any atom is -0.383 e. The lowest BCUT2D eigenvalue weighted by atomic mass is 10.0. The molecule has 2 aromatic carbocycles. The van der Waals surface area contributed by atoms with Gasteiger partial charge in [0.05, 0.1) is 16.7 Å². The summed E-state index contributed by atoms with van der Waals surface area (Å²) in [6.07, 6.45) is 1.84. The van der Waals surface area contributed by atoms with Gasteiger partial charge in [0.2, 0.25) is 0 Å². The Kier molecular flexibility index (Phi) is 5.77. The lowest BCUT2D eigenvalue weighted by molar-refractivity contribution is 0.0833. The van der Waals surface area contributed by atoms with Gasteiger partial charge in [0.25, 0.3) is 0 Å². The molecule has 0 fully saturated rings. The fourth-order valence-corrected chi connectivity index (χ4v) is 3.56. The van der Waals surface area contributed by atoms with Gasteiger partial charge < -0.3 is 4.74 Å². The third kappa shape index (κ3) is 4.09. The van der Waals surface area contributed by atoms with Crippen molar-refractivity contribution in [1.29, 1.82) is 0 Å². The van der Waals surface area contributed by atoms with Gasteiger partial charge in [-0.15, -0.1) is 0 Å². The predicted molar refractivity (Wildman–Crippen MR) is 96.1 cm³/mol. The van der Waals surface area contributed by atoms with Gasteiger partial charge in [-0.25, -0.2) is 4.39 Å². The van der Waals surface area contributed by atoms with E-state index in [0.717, 1.165) is 37.1 Å². The smallest absolute Gasteiger partial charge is 0.123 e.